The molecular formula is C21H22FN3O3. The van der Waals surface area contributed by atoms with E-state index in [-0.39, 0.29) is 34.3 Å². The number of hydrogen-bond acceptors (Lipinski definition) is 4. The lowest BCUT2D eigenvalue weighted by Gasteiger charge is -2.16. The number of hydrogen-bond donors (Lipinski definition) is 1. The molecule has 2 aromatic rings. The number of carbonyl (C=O) groups excluding carboxylic acids is 3. The second-order valence-corrected chi connectivity index (χ2v) is 7.80. The van der Waals surface area contributed by atoms with Crippen molar-refractivity contribution in [2.24, 2.45) is 12.5 Å². The maximum atomic E-state index is 13.4. The molecule has 0 aliphatic carbocycles. The number of ketones is 2. The highest BCUT2D eigenvalue weighted by Crippen LogP contribution is 2.22. The fourth-order valence-corrected chi connectivity index (χ4v) is 2.55. The molecule has 0 atom stereocenters. The van der Waals surface area contributed by atoms with E-state index >= 15 is 0 Å². The van der Waals surface area contributed by atoms with Gasteiger partial charge in [0.1, 0.15) is 11.9 Å². The molecule has 1 amide bonds. The Morgan fingerprint density at radius 3 is 2.50 bits per heavy atom. The van der Waals surface area contributed by atoms with E-state index in [0.29, 0.717) is 6.42 Å². The number of aryl methyl sites for hydroxylation is 1. The Morgan fingerprint density at radius 1 is 1.21 bits per heavy atom. The van der Waals surface area contributed by atoms with E-state index in [9.17, 15) is 18.8 Å². The molecule has 0 bridgehead atoms. The van der Waals surface area contributed by atoms with Gasteiger partial charge in [-0.25, -0.2) is 4.39 Å². The highest BCUT2D eigenvalue weighted by molar-refractivity contribution is 6.43. The van der Waals surface area contributed by atoms with Crippen LogP contribution >= 0.6 is 0 Å². The van der Waals surface area contributed by atoms with Crippen LogP contribution in [0, 0.1) is 22.6 Å². The van der Waals surface area contributed by atoms with Crippen LogP contribution in [0.25, 0.3) is 0 Å². The van der Waals surface area contributed by atoms with Crippen molar-refractivity contribution in [2.75, 3.05) is 5.32 Å². The monoisotopic (exact) mass is 383 g/mol. The number of aromatic nitrogens is 1. The van der Waals surface area contributed by atoms with Gasteiger partial charge in [0.2, 0.25) is 11.6 Å². The number of anilines is 1. The lowest BCUT2D eigenvalue weighted by Crippen LogP contribution is -2.19. The summed E-state index contributed by atoms with van der Waals surface area (Å²) in [6.07, 6.45) is 2.16. The fourth-order valence-electron chi connectivity index (χ4n) is 2.55. The summed E-state index contributed by atoms with van der Waals surface area (Å²) in [5.74, 6) is -2.35. The van der Waals surface area contributed by atoms with E-state index in [0.717, 1.165) is 6.07 Å². The van der Waals surface area contributed by atoms with Crippen LogP contribution < -0.4 is 5.32 Å². The van der Waals surface area contributed by atoms with Gasteiger partial charge in [-0.05, 0) is 36.1 Å². The Morgan fingerprint density at radius 2 is 1.89 bits per heavy atom. The second-order valence-electron chi connectivity index (χ2n) is 7.80. The van der Waals surface area contributed by atoms with E-state index in [2.05, 4.69) is 5.32 Å². The predicted octanol–water partition coefficient (Wildman–Crippen LogP) is 3.87. The predicted molar refractivity (Wildman–Crippen MR) is 103 cm³/mol. The molecular weight excluding hydrogens is 361 g/mol. The molecule has 1 aromatic heterocycles. The summed E-state index contributed by atoms with van der Waals surface area (Å²) in [5.41, 5.74) is 0.303. The van der Waals surface area contributed by atoms with Crippen LogP contribution in [-0.2, 0) is 11.8 Å². The Balaban J connectivity index is 2.14. The average molecular weight is 383 g/mol. The van der Waals surface area contributed by atoms with Gasteiger partial charge < -0.3 is 9.88 Å². The molecule has 146 valence electrons. The quantitative estimate of drug-likeness (QED) is 0.605. The third-order valence-electron chi connectivity index (χ3n) is 4.20. The Bertz CT molecular complexity index is 978. The molecule has 7 heteroatoms. The van der Waals surface area contributed by atoms with E-state index in [1.165, 1.54) is 29.0 Å². The third-order valence-corrected chi connectivity index (χ3v) is 4.20. The van der Waals surface area contributed by atoms with Crippen molar-refractivity contribution in [3.05, 3.63) is 53.1 Å². The minimum absolute atomic E-state index is 0.0629. The first kappa shape index (κ1) is 21.0. The van der Waals surface area contributed by atoms with Crippen LogP contribution in [0.2, 0.25) is 0 Å². The number of nitrogens with zero attached hydrogens (tertiary/aromatic N) is 2. The molecule has 0 saturated heterocycles. The zero-order valence-corrected chi connectivity index (χ0v) is 16.3. The molecule has 0 spiro atoms. The van der Waals surface area contributed by atoms with Crippen molar-refractivity contribution in [3.63, 3.8) is 0 Å². The summed E-state index contributed by atoms with van der Waals surface area (Å²) in [5, 5.41) is 11.4. The van der Waals surface area contributed by atoms with Crippen molar-refractivity contribution >= 4 is 23.2 Å². The van der Waals surface area contributed by atoms with Gasteiger partial charge in [-0.2, -0.15) is 5.26 Å². The van der Waals surface area contributed by atoms with Gasteiger partial charge in [-0.3, -0.25) is 14.4 Å². The molecule has 0 unspecified atom stereocenters. The highest BCUT2D eigenvalue weighted by Gasteiger charge is 2.23. The molecule has 2 rings (SSSR count). The average Bonchev–Trinajstić information content (AvgIpc) is 3.01. The first-order valence-electron chi connectivity index (χ1n) is 8.77. The number of benzene rings is 1. The molecule has 6 nitrogen and oxygen atoms in total. The summed E-state index contributed by atoms with van der Waals surface area (Å²) in [7, 11) is 1.58. The topological polar surface area (TPSA) is 92.0 Å². The van der Waals surface area contributed by atoms with Crippen LogP contribution in [0.4, 0.5) is 10.1 Å². The lowest BCUT2D eigenvalue weighted by atomic mass is 9.89. The second kappa shape index (κ2) is 8.17. The lowest BCUT2D eigenvalue weighted by molar-refractivity contribution is -0.115. The molecule has 1 aromatic carbocycles. The number of nitriles is 1. The van der Waals surface area contributed by atoms with Gasteiger partial charge in [0, 0.05) is 25.4 Å². The van der Waals surface area contributed by atoms with Crippen molar-refractivity contribution in [2.45, 2.75) is 33.6 Å². The largest absolute Gasteiger partial charge is 0.347 e. The molecule has 0 saturated carbocycles. The fraction of sp³-hybridized carbons (Fsp3) is 0.333. The maximum Gasteiger partial charge on any atom is 0.257 e. The van der Waals surface area contributed by atoms with Gasteiger partial charge in [-0.1, -0.05) is 20.8 Å². The molecule has 0 radical (unpaired) electrons. The highest BCUT2D eigenvalue weighted by atomic mass is 19.1. The van der Waals surface area contributed by atoms with E-state index in [4.69, 9.17) is 5.26 Å². The maximum absolute atomic E-state index is 13.4. The number of amides is 1. The van der Waals surface area contributed by atoms with Crippen molar-refractivity contribution in [1.29, 1.82) is 5.26 Å². The number of halogens is 1. The number of rotatable bonds is 6. The van der Waals surface area contributed by atoms with Crippen molar-refractivity contribution in [3.8, 4) is 6.07 Å². The molecule has 1 heterocycles. The smallest absolute Gasteiger partial charge is 0.257 e. The standard InChI is InChI=1S/C21H22FN3O3/c1-21(2,3)8-7-18(26)19(27)17-10-14(12-25(17)4)20(28)24-15-5-6-16(22)13(9-15)11-23/h5-6,9-10,12H,7-8H2,1-4H3,(H,24,28). The van der Waals surface area contributed by atoms with Crippen molar-refractivity contribution in [1.82, 2.24) is 4.57 Å². The molecule has 28 heavy (non-hydrogen) atoms. The summed E-state index contributed by atoms with van der Waals surface area (Å²) in [6, 6.07) is 6.69. The van der Waals surface area contributed by atoms with E-state index in [1.807, 2.05) is 20.8 Å². The number of Topliss-reactive ketones (excluding diaryl/α,β-unsaturated/α-hetero) is 2. The Hall–Kier alpha value is -3.27. The number of carbonyl (C=O) groups is 3. The van der Waals surface area contributed by atoms with Gasteiger partial charge in [0.25, 0.3) is 5.91 Å². The van der Waals surface area contributed by atoms with Gasteiger partial charge in [-0.15, -0.1) is 0 Å². The van der Waals surface area contributed by atoms with Gasteiger partial charge in [0.05, 0.1) is 16.8 Å². The normalized spacial score (nSPS) is 11.0. The van der Waals surface area contributed by atoms with Crippen LogP contribution in [0.1, 0.15) is 60.0 Å². The SMILES string of the molecule is Cn1cc(C(=O)Nc2ccc(F)c(C#N)c2)cc1C(=O)C(=O)CCC(C)(C)C. The van der Waals surface area contributed by atoms with E-state index < -0.39 is 23.3 Å². The Labute approximate surface area is 163 Å². The van der Waals surface area contributed by atoms with Gasteiger partial charge >= 0.3 is 0 Å². The van der Waals surface area contributed by atoms with Crippen LogP contribution in [0.5, 0.6) is 0 Å². The van der Waals surface area contributed by atoms with Crippen LogP contribution in [-0.4, -0.2) is 22.0 Å². The molecule has 0 aliphatic heterocycles. The van der Waals surface area contributed by atoms with E-state index in [1.54, 1.807) is 13.1 Å². The minimum Gasteiger partial charge on any atom is -0.347 e. The first-order valence-corrected chi connectivity index (χ1v) is 8.77. The zero-order chi connectivity index (χ0) is 21.1. The summed E-state index contributed by atoms with van der Waals surface area (Å²) < 4.78 is 14.8. The van der Waals surface area contributed by atoms with Crippen molar-refractivity contribution < 1.29 is 18.8 Å². The summed E-state index contributed by atoms with van der Waals surface area (Å²) in [6.45, 7) is 5.97. The Kier molecular flexibility index (Phi) is 6.14. The molecule has 1 N–H and O–H groups in total. The first-order chi connectivity index (χ1) is 13.0. The number of nitrogens with one attached hydrogen (secondary N) is 1. The summed E-state index contributed by atoms with van der Waals surface area (Å²) >= 11 is 0. The zero-order valence-electron chi connectivity index (χ0n) is 16.3. The molecule has 0 fully saturated rings. The van der Waals surface area contributed by atoms with Gasteiger partial charge in [0.15, 0.2) is 0 Å². The van der Waals surface area contributed by atoms with Crippen LogP contribution in [0.15, 0.2) is 30.5 Å². The third kappa shape index (κ3) is 5.13. The minimum atomic E-state index is -0.679. The van der Waals surface area contributed by atoms with Crippen LogP contribution in [0.3, 0.4) is 0 Å². The summed E-state index contributed by atoms with van der Waals surface area (Å²) in [4.78, 5) is 37.0. The molecule has 0 aliphatic rings.